The molecular formula is C17H19ClN4O5S. The van der Waals surface area contributed by atoms with Gasteiger partial charge in [-0.05, 0) is 29.8 Å². The zero-order valence-corrected chi connectivity index (χ0v) is 16.7. The fraction of sp³-hybridized carbons (Fsp3) is 0.353. The van der Waals surface area contributed by atoms with E-state index in [9.17, 15) is 18.5 Å². The van der Waals surface area contributed by atoms with E-state index in [0.29, 0.717) is 37.9 Å². The van der Waals surface area contributed by atoms with Gasteiger partial charge in [0.2, 0.25) is 10.0 Å². The minimum absolute atomic E-state index is 0.0183. The molecule has 1 aliphatic rings. The van der Waals surface area contributed by atoms with Crippen LogP contribution in [-0.4, -0.2) is 60.8 Å². The molecule has 0 spiro atoms. The van der Waals surface area contributed by atoms with E-state index in [4.69, 9.17) is 16.3 Å². The number of hydrogen-bond donors (Lipinski definition) is 0. The number of nitro groups is 1. The molecule has 0 bridgehead atoms. The Labute approximate surface area is 167 Å². The van der Waals surface area contributed by atoms with Gasteiger partial charge in [0.05, 0.1) is 16.9 Å². The highest BCUT2D eigenvalue weighted by Crippen LogP contribution is 2.30. The van der Waals surface area contributed by atoms with E-state index in [1.54, 1.807) is 12.3 Å². The van der Waals surface area contributed by atoms with E-state index >= 15 is 0 Å². The number of nitro benzene ring substituents is 1. The molecule has 1 aromatic carbocycles. The first kappa shape index (κ1) is 20.5. The lowest BCUT2D eigenvalue weighted by atomic mass is 10.2. The smallest absolute Gasteiger partial charge is 0.312 e. The van der Waals surface area contributed by atoms with Gasteiger partial charge in [0.25, 0.3) is 0 Å². The van der Waals surface area contributed by atoms with Gasteiger partial charge in [0, 0.05) is 45.0 Å². The summed E-state index contributed by atoms with van der Waals surface area (Å²) in [6, 6.07) is 7.31. The summed E-state index contributed by atoms with van der Waals surface area (Å²) in [5, 5.41) is 11.6. The molecule has 9 nitrogen and oxygen atoms in total. The van der Waals surface area contributed by atoms with Crippen LogP contribution in [0.25, 0.3) is 0 Å². The minimum atomic E-state index is -3.83. The lowest BCUT2D eigenvalue weighted by Crippen LogP contribution is -2.48. The van der Waals surface area contributed by atoms with Crippen molar-refractivity contribution in [2.24, 2.45) is 0 Å². The van der Waals surface area contributed by atoms with Gasteiger partial charge in [0.1, 0.15) is 5.15 Å². The second-order valence-corrected chi connectivity index (χ2v) is 8.58. The summed E-state index contributed by atoms with van der Waals surface area (Å²) in [5.74, 6) is 0.0183. The van der Waals surface area contributed by atoms with E-state index in [1.807, 2.05) is 6.07 Å². The molecule has 3 rings (SSSR count). The monoisotopic (exact) mass is 426 g/mol. The van der Waals surface area contributed by atoms with Gasteiger partial charge in [-0.15, -0.1) is 0 Å². The minimum Gasteiger partial charge on any atom is -0.490 e. The molecule has 11 heteroatoms. The molecule has 2 heterocycles. The second-order valence-electron chi connectivity index (χ2n) is 6.26. The highest BCUT2D eigenvalue weighted by Gasteiger charge is 2.30. The maximum atomic E-state index is 12.9. The lowest BCUT2D eigenvalue weighted by molar-refractivity contribution is -0.386. The summed E-state index contributed by atoms with van der Waals surface area (Å²) in [7, 11) is -2.53. The number of piperazine rings is 1. The van der Waals surface area contributed by atoms with E-state index in [1.165, 1.54) is 23.5 Å². The van der Waals surface area contributed by atoms with Crippen LogP contribution in [0.4, 0.5) is 5.69 Å². The summed E-state index contributed by atoms with van der Waals surface area (Å²) in [5.41, 5.74) is 0.624. The van der Waals surface area contributed by atoms with Gasteiger partial charge < -0.3 is 4.74 Å². The Balaban J connectivity index is 1.71. The molecular weight excluding hydrogens is 408 g/mol. The number of nitrogens with zero attached hydrogens (tertiary/aromatic N) is 4. The Hall–Kier alpha value is -2.27. The number of sulfonamides is 1. The van der Waals surface area contributed by atoms with E-state index in [2.05, 4.69) is 9.88 Å². The Bertz CT molecular complexity index is 977. The first-order valence-electron chi connectivity index (χ1n) is 8.46. The van der Waals surface area contributed by atoms with Crippen molar-refractivity contribution in [3.05, 3.63) is 57.4 Å². The second kappa shape index (κ2) is 8.39. The molecule has 150 valence electrons. The van der Waals surface area contributed by atoms with Crippen molar-refractivity contribution >= 4 is 27.3 Å². The van der Waals surface area contributed by atoms with E-state index in [-0.39, 0.29) is 16.3 Å². The molecule has 1 aliphatic heterocycles. The summed E-state index contributed by atoms with van der Waals surface area (Å²) >= 11 is 5.90. The van der Waals surface area contributed by atoms with Gasteiger partial charge in [-0.1, -0.05) is 11.6 Å². The zero-order chi connectivity index (χ0) is 20.3. The van der Waals surface area contributed by atoms with Crippen molar-refractivity contribution in [2.45, 2.75) is 11.4 Å². The maximum Gasteiger partial charge on any atom is 0.312 e. The van der Waals surface area contributed by atoms with Crippen molar-refractivity contribution in [2.75, 3.05) is 33.3 Å². The van der Waals surface area contributed by atoms with Crippen molar-refractivity contribution < 1.29 is 18.1 Å². The third kappa shape index (κ3) is 4.41. The van der Waals surface area contributed by atoms with Crippen LogP contribution in [0.5, 0.6) is 5.75 Å². The highest BCUT2D eigenvalue weighted by molar-refractivity contribution is 7.89. The predicted octanol–water partition coefficient (Wildman–Crippen LogP) is 2.16. The number of rotatable bonds is 6. The number of methoxy groups -OCH3 is 1. The molecule has 28 heavy (non-hydrogen) atoms. The van der Waals surface area contributed by atoms with Crippen molar-refractivity contribution in [1.82, 2.24) is 14.2 Å². The fourth-order valence-corrected chi connectivity index (χ4v) is 4.69. The molecule has 0 atom stereocenters. The molecule has 0 saturated carbocycles. The fourth-order valence-electron chi connectivity index (χ4n) is 3.05. The Kier molecular flexibility index (Phi) is 6.14. The molecule has 2 aromatic rings. The molecule has 1 aromatic heterocycles. The quantitative estimate of drug-likeness (QED) is 0.395. The van der Waals surface area contributed by atoms with E-state index in [0.717, 1.165) is 11.6 Å². The van der Waals surface area contributed by atoms with Crippen LogP contribution in [0.3, 0.4) is 0 Å². The largest absolute Gasteiger partial charge is 0.490 e. The number of halogens is 1. The van der Waals surface area contributed by atoms with E-state index < -0.39 is 14.9 Å². The highest BCUT2D eigenvalue weighted by atomic mass is 35.5. The maximum absolute atomic E-state index is 12.9. The summed E-state index contributed by atoms with van der Waals surface area (Å²) < 4.78 is 32.0. The first-order valence-corrected chi connectivity index (χ1v) is 10.3. The molecule has 1 fully saturated rings. The lowest BCUT2D eigenvalue weighted by Gasteiger charge is -2.34. The average Bonchev–Trinajstić information content (AvgIpc) is 2.68. The van der Waals surface area contributed by atoms with Crippen LogP contribution in [0.2, 0.25) is 5.15 Å². The van der Waals surface area contributed by atoms with Crippen LogP contribution in [0, 0.1) is 10.1 Å². The van der Waals surface area contributed by atoms with Crippen molar-refractivity contribution in [1.29, 1.82) is 0 Å². The van der Waals surface area contributed by atoms with Crippen molar-refractivity contribution in [3.8, 4) is 5.75 Å². The molecule has 0 unspecified atom stereocenters. The van der Waals surface area contributed by atoms with Gasteiger partial charge >= 0.3 is 5.69 Å². The van der Waals surface area contributed by atoms with Gasteiger partial charge in [-0.25, -0.2) is 13.4 Å². The Morgan fingerprint density at radius 3 is 2.54 bits per heavy atom. The zero-order valence-electron chi connectivity index (χ0n) is 15.1. The van der Waals surface area contributed by atoms with Crippen molar-refractivity contribution in [3.63, 3.8) is 0 Å². The van der Waals surface area contributed by atoms with Crippen LogP contribution >= 0.6 is 11.6 Å². The predicted molar refractivity (Wildman–Crippen MR) is 103 cm³/mol. The SMILES string of the molecule is COc1ccc(S(=O)(=O)N2CCN(Cc3ccnc(Cl)c3)CC2)cc1[N+](=O)[O-]. The van der Waals surface area contributed by atoms with Crippen LogP contribution in [0.1, 0.15) is 5.56 Å². The molecule has 0 N–H and O–H groups in total. The molecule has 0 amide bonds. The molecule has 0 radical (unpaired) electrons. The summed E-state index contributed by atoms with van der Waals surface area (Å²) in [6.07, 6.45) is 1.63. The number of ether oxygens (including phenoxy) is 1. The average molecular weight is 427 g/mol. The Morgan fingerprint density at radius 1 is 1.21 bits per heavy atom. The van der Waals surface area contributed by atoms with Gasteiger partial charge in [-0.2, -0.15) is 4.31 Å². The molecule has 1 saturated heterocycles. The Morgan fingerprint density at radius 2 is 1.93 bits per heavy atom. The number of hydrogen-bond acceptors (Lipinski definition) is 7. The molecule has 0 aliphatic carbocycles. The third-order valence-electron chi connectivity index (χ3n) is 4.51. The first-order chi connectivity index (χ1) is 13.3. The topological polar surface area (TPSA) is 106 Å². The summed E-state index contributed by atoms with van der Waals surface area (Å²) in [4.78, 5) is 16.5. The van der Waals surface area contributed by atoms with Crippen LogP contribution in [0.15, 0.2) is 41.4 Å². The standard InChI is InChI=1S/C17H19ClN4O5S/c1-27-16-3-2-14(11-15(16)22(23)24)28(25,26)21-8-6-20(7-9-21)12-13-4-5-19-17(18)10-13/h2-5,10-11H,6-9,12H2,1H3. The number of aromatic nitrogens is 1. The van der Waals surface area contributed by atoms with Gasteiger partial charge in [-0.3, -0.25) is 15.0 Å². The van der Waals surface area contributed by atoms with Crippen LogP contribution in [-0.2, 0) is 16.6 Å². The van der Waals surface area contributed by atoms with Crippen LogP contribution < -0.4 is 4.74 Å². The summed E-state index contributed by atoms with van der Waals surface area (Å²) in [6.45, 7) is 2.31. The number of benzene rings is 1. The number of pyridine rings is 1. The third-order valence-corrected chi connectivity index (χ3v) is 6.61. The van der Waals surface area contributed by atoms with Gasteiger partial charge in [0.15, 0.2) is 5.75 Å². The normalized spacial score (nSPS) is 16.1.